The first-order chi connectivity index (χ1) is 13.2. The Hall–Kier alpha value is -2.02. The fraction of sp³-hybridized carbons (Fsp3) is 0.524. The third-order valence-corrected chi connectivity index (χ3v) is 5.71. The molecule has 3 N–H and O–H groups in total. The maximum Gasteiger partial charge on any atom is 0.132 e. The van der Waals surface area contributed by atoms with Crippen LogP contribution < -0.4 is 21.1 Å². The predicted molar refractivity (Wildman–Crippen MR) is 109 cm³/mol. The lowest BCUT2D eigenvalue weighted by Crippen LogP contribution is -2.32. The van der Waals surface area contributed by atoms with Gasteiger partial charge in [0.25, 0.3) is 0 Å². The third-order valence-electron chi connectivity index (χ3n) is 5.71. The standard InChI is InChI=1S/C21H30N6/c1-15-24-19(17-9-6-10-22-12-17)11-20(25-15)27(2)14-18-13-23-26-21(18)16-7-4-3-5-8-16/h3-5,7-8,11,17-18,21-23,26H,6,9-10,12-14H2,1-2H3. The van der Waals surface area contributed by atoms with E-state index >= 15 is 0 Å². The van der Waals surface area contributed by atoms with Gasteiger partial charge in [0.15, 0.2) is 0 Å². The van der Waals surface area contributed by atoms with E-state index in [1.54, 1.807) is 0 Å². The molecule has 1 aromatic heterocycles. The summed E-state index contributed by atoms with van der Waals surface area (Å²) in [4.78, 5) is 11.7. The normalized spacial score (nSPS) is 25.5. The number of aromatic nitrogens is 2. The van der Waals surface area contributed by atoms with E-state index < -0.39 is 0 Å². The molecule has 3 unspecified atom stereocenters. The van der Waals surface area contributed by atoms with Gasteiger partial charge >= 0.3 is 0 Å². The number of aryl methyl sites for hydroxylation is 1. The van der Waals surface area contributed by atoms with Crippen molar-refractivity contribution < 1.29 is 0 Å². The number of anilines is 1. The van der Waals surface area contributed by atoms with Crippen molar-refractivity contribution in [3.8, 4) is 0 Å². The number of hydrazine groups is 1. The highest BCUT2D eigenvalue weighted by Crippen LogP contribution is 2.28. The van der Waals surface area contributed by atoms with E-state index in [2.05, 4.69) is 64.5 Å². The lowest BCUT2D eigenvalue weighted by atomic mass is 9.94. The van der Waals surface area contributed by atoms with Crippen LogP contribution in [0.5, 0.6) is 0 Å². The zero-order valence-electron chi connectivity index (χ0n) is 16.3. The molecule has 2 aliphatic heterocycles. The summed E-state index contributed by atoms with van der Waals surface area (Å²) in [5.41, 5.74) is 9.28. The summed E-state index contributed by atoms with van der Waals surface area (Å²) >= 11 is 0. The molecule has 2 fully saturated rings. The monoisotopic (exact) mass is 366 g/mol. The van der Waals surface area contributed by atoms with Crippen LogP contribution in [0.1, 0.15) is 41.9 Å². The molecule has 3 heterocycles. The van der Waals surface area contributed by atoms with Gasteiger partial charge in [0.2, 0.25) is 0 Å². The van der Waals surface area contributed by atoms with Gasteiger partial charge in [-0.2, -0.15) is 0 Å². The van der Waals surface area contributed by atoms with E-state index in [0.717, 1.165) is 37.8 Å². The summed E-state index contributed by atoms with van der Waals surface area (Å²) in [7, 11) is 2.14. The van der Waals surface area contributed by atoms with Crippen LogP contribution in [0.25, 0.3) is 0 Å². The van der Waals surface area contributed by atoms with Gasteiger partial charge < -0.3 is 10.2 Å². The molecular weight excluding hydrogens is 336 g/mol. The molecule has 0 aliphatic carbocycles. The molecule has 0 spiro atoms. The minimum atomic E-state index is 0.318. The highest BCUT2D eigenvalue weighted by Gasteiger charge is 2.29. The molecule has 2 aromatic rings. The number of rotatable bonds is 5. The first-order valence-electron chi connectivity index (χ1n) is 10.0. The van der Waals surface area contributed by atoms with Crippen molar-refractivity contribution in [2.75, 3.05) is 38.1 Å². The predicted octanol–water partition coefficient (Wildman–Crippen LogP) is 2.15. The van der Waals surface area contributed by atoms with Crippen LogP contribution in [-0.2, 0) is 0 Å². The second-order valence-electron chi connectivity index (χ2n) is 7.80. The second kappa shape index (κ2) is 8.33. The lowest BCUT2D eigenvalue weighted by Gasteiger charge is -2.27. The molecule has 3 atom stereocenters. The van der Waals surface area contributed by atoms with Crippen LogP contribution >= 0.6 is 0 Å². The number of piperidine rings is 1. The van der Waals surface area contributed by atoms with Crippen LogP contribution in [0.3, 0.4) is 0 Å². The Bertz CT molecular complexity index is 744. The molecule has 0 bridgehead atoms. The molecule has 1 aromatic carbocycles. The Balaban J connectivity index is 1.49. The number of benzene rings is 1. The molecule has 144 valence electrons. The molecule has 6 nitrogen and oxygen atoms in total. The largest absolute Gasteiger partial charge is 0.359 e. The van der Waals surface area contributed by atoms with E-state index in [9.17, 15) is 0 Å². The lowest BCUT2D eigenvalue weighted by molar-refractivity contribution is 0.452. The molecule has 0 saturated carbocycles. The van der Waals surface area contributed by atoms with Crippen LogP contribution in [0, 0.1) is 12.8 Å². The molecular formula is C21H30N6. The number of nitrogens with zero attached hydrogens (tertiary/aromatic N) is 3. The molecule has 2 aliphatic rings. The van der Waals surface area contributed by atoms with Gasteiger partial charge in [-0.1, -0.05) is 30.3 Å². The van der Waals surface area contributed by atoms with Crippen molar-refractivity contribution in [3.05, 3.63) is 53.5 Å². The van der Waals surface area contributed by atoms with Gasteiger partial charge in [-0.25, -0.2) is 15.4 Å². The summed E-state index contributed by atoms with van der Waals surface area (Å²) < 4.78 is 0. The molecule has 4 rings (SSSR count). The summed E-state index contributed by atoms with van der Waals surface area (Å²) in [5.74, 6) is 2.87. The van der Waals surface area contributed by atoms with Crippen molar-refractivity contribution >= 4 is 5.82 Å². The van der Waals surface area contributed by atoms with E-state index in [0.29, 0.717) is 17.9 Å². The molecule has 27 heavy (non-hydrogen) atoms. The van der Waals surface area contributed by atoms with Crippen molar-refractivity contribution in [2.45, 2.75) is 31.7 Å². The topological polar surface area (TPSA) is 65.1 Å². The summed E-state index contributed by atoms with van der Waals surface area (Å²) in [6.45, 7) is 6.04. The van der Waals surface area contributed by atoms with Crippen LogP contribution in [0.4, 0.5) is 5.82 Å². The van der Waals surface area contributed by atoms with Crippen LogP contribution in [-0.4, -0.2) is 43.2 Å². The molecule has 0 amide bonds. The number of nitrogens with one attached hydrogen (secondary N) is 3. The van der Waals surface area contributed by atoms with Gasteiger partial charge in [-0.05, 0) is 31.9 Å². The summed E-state index contributed by atoms with van der Waals surface area (Å²) in [6.07, 6.45) is 2.43. The first kappa shape index (κ1) is 18.3. The summed E-state index contributed by atoms with van der Waals surface area (Å²) in [6, 6.07) is 13.2. The average Bonchev–Trinajstić information content (AvgIpc) is 3.17. The minimum Gasteiger partial charge on any atom is -0.359 e. The SMILES string of the molecule is Cc1nc(C2CCCNC2)cc(N(C)CC2CNNC2c2ccccc2)n1. The Morgan fingerprint density at radius 1 is 1.15 bits per heavy atom. The zero-order chi connectivity index (χ0) is 18.6. The Morgan fingerprint density at radius 2 is 2.00 bits per heavy atom. The zero-order valence-corrected chi connectivity index (χ0v) is 16.3. The van der Waals surface area contributed by atoms with Gasteiger partial charge in [0.1, 0.15) is 11.6 Å². The van der Waals surface area contributed by atoms with Crippen molar-refractivity contribution in [1.82, 2.24) is 26.1 Å². The van der Waals surface area contributed by atoms with E-state index in [1.165, 1.54) is 24.1 Å². The Kier molecular flexibility index (Phi) is 5.66. The first-order valence-corrected chi connectivity index (χ1v) is 10.0. The summed E-state index contributed by atoms with van der Waals surface area (Å²) in [5, 5.41) is 3.49. The second-order valence-corrected chi connectivity index (χ2v) is 7.80. The highest BCUT2D eigenvalue weighted by atomic mass is 15.4. The smallest absolute Gasteiger partial charge is 0.132 e. The average molecular weight is 367 g/mol. The van der Waals surface area contributed by atoms with Crippen LogP contribution in [0.15, 0.2) is 36.4 Å². The van der Waals surface area contributed by atoms with E-state index in [-0.39, 0.29) is 0 Å². The minimum absolute atomic E-state index is 0.318. The third kappa shape index (κ3) is 4.29. The van der Waals surface area contributed by atoms with E-state index in [4.69, 9.17) is 9.97 Å². The Morgan fingerprint density at radius 3 is 2.78 bits per heavy atom. The fourth-order valence-corrected chi connectivity index (χ4v) is 4.25. The maximum atomic E-state index is 4.73. The van der Waals surface area contributed by atoms with Crippen molar-refractivity contribution in [2.24, 2.45) is 5.92 Å². The fourth-order valence-electron chi connectivity index (χ4n) is 4.25. The van der Waals surface area contributed by atoms with Crippen molar-refractivity contribution in [1.29, 1.82) is 0 Å². The van der Waals surface area contributed by atoms with Gasteiger partial charge in [0.05, 0.1) is 11.7 Å². The molecule has 6 heteroatoms. The van der Waals surface area contributed by atoms with Gasteiger partial charge in [-0.15, -0.1) is 0 Å². The highest BCUT2D eigenvalue weighted by molar-refractivity contribution is 5.40. The number of hydrogen-bond acceptors (Lipinski definition) is 6. The quantitative estimate of drug-likeness (QED) is 0.754. The van der Waals surface area contributed by atoms with Gasteiger partial charge in [0, 0.05) is 44.6 Å². The Labute approximate surface area is 161 Å². The number of hydrogen-bond donors (Lipinski definition) is 3. The molecule has 2 saturated heterocycles. The van der Waals surface area contributed by atoms with Crippen LogP contribution in [0.2, 0.25) is 0 Å². The van der Waals surface area contributed by atoms with Crippen molar-refractivity contribution in [3.63, 3.8) is 0 Å². The maximum absolute atomic E-state index is 4.73. The molecule has 0 radical (unpaired) electrons. The van der Waals surface area contributed by atoms with Gasteiger partial charge in [-0.3, -0.25) is 5.43 Å². The van der Waals surface area contributed by atoms with E-state index in [1.807, 2.05) is 6.92 Å².